The maximum atomic E-state index is 3.68. The van der Waals surface area contributed by atoms with E-state index in [0.29, 0.717) is 0 Å². The lowest BCUT2D eigenvalue weighted by Crippen LogP contribution is -2.32. The van der Waals surface area contributed by atoms with Crippen LogP contribution in [0.25, 0.3) is 0 Å². The normalized spacial score (nSPS) is 40.2. The first kappa shape index (κ1) is 9.47. The quantitative estimate of drug-likeness (QED) is 0.690. The molecular weight excluding hydrogens is 160 g/mol. The number of likely N-dealkylation sites (tertiary alicyclic amines) is 1. The Kier molecular flexibility index (Phi) is 2.61. The van der Waals surface area contributed by atoms with E-state index in [0.717, 1.165) is 23.8 Å². The molecule has 13 heavy (non-hydrogen) atoms. The lowest BCUT2D eigenvalue weighted by Gasteiger charge is -2.20. The number of hydrogen-bond donors (Lipinski definition) is 1. The van der Waals surface area contributed by atoms with E-state index in [9.17, 15) is 0 Å². The molecule has 0 saturated carbocycles. The predicted octanol–water partition coefficient (Wildman–Crippen LogP) is 1.18. The minimum atomic E-state index is 0.801. The molecule has 2 fully saturated rings. The summed E-state index contributed by atoms with van der Waals surface area (Å²) in [5.41, 5.74) is 0. The average Bonchev–Trinajstić information content (AvgIpc) is 2.51. The monoisotopic (exact) mass is 182 g/mol. The van der Waals surface area contributed by atoms with Gasteiger partial charge in [0.15, 0.2) is 0 Å². The van der Waals surface area contributed by atoms with Crippen LogP contribution in [0.3, 0.4) is 0 Å². The zero-order chi connectivity index (χ0) is 9.42. The summed E-state index contributed by atoms with van der Waals surface area (Å²) in [6.07, 6.45) is 1.36. The van der Waals surface area contributed by atoms with Crippen molar-refractivity contribution < 1.29 is 0 Å². The fourth-order valence-corrected chi connectivity index (χ4v) is 3.01. The lowest BCUT2D eigenvalue weighted by atomic mass is 9.89. The van der Waals surface area contributed by atoms with E-state index in [2.05, 4.69) is 31.1 Å². The fraction of sp³-hybridized carbons (Fsp3) is 1.00. The van der Waals surface area contributed by atoms with Gasteiger partial charge in [-0.2, -0.15) is 0 Å². The molecule has 1 N–H and O–H groups in total. The van der Waals surface area contributed by atoms with E-state index in [1.165, 1.54) is 26.1 Å². The summed E-state index contributed by atoms with van der Waals surface area (Å²) in [6, 6.07) is 0.801. The van der Waals surface area contributed by atoms with Crippen molar-refractivity contribution >= 4 is 0 Å². The van der Waals surface area contributed by atoms with Gasteiger partial charge in [0.25, 0.3) is 0 Å². The molecule has 2 heterocycles. The van der Waals surface area contributed by atoms with Crippen LogP contribution in [-0.4, -0.2) is 37.6 Å². The molecule has 0 spiro atoms. The summed E-state index contributed by atoms with van der Waals surface area (Å²) >= 11 is 0. The molecule has 3 atom stereocenters. The van der Waals surface area contributed by atoms with Crippen LogP contribution in [0, 0.1) is 17.8 Å². The van der Waals surface area contributed by atoms with E-state index < -0.39 is 0 Å². The molecule has 0 aromatic rings. The minimum Gasteiger partial charge on any atom is -0.313 e. The maximum Gasteiger partial charge on any atom is 0.0114 e. The van der Waals surface area contributed by atoms with E-state index in [1.807, 2.05) is 0 Å². The number of fused-ring (bicyclic) bond motifs is 1. The Morgan fingerprint density at radius 3 is 2.85 bits per heavy atom. The largest absolute Gasteiger partial charge is 0.313 e. The van der Waals surface area contributed by atoms with Crippen molar-refractivity contribution in [3.05, 3.63) is 0 Å². The molecule has 2 saturated heterocycles. The Morgan fingerprint density at radius 2 is 2.15 bits per heavy atom. The van der Waals surface area contributed by atoms with Gasteiger partial charge >= 0.3 is 0 Å². The molecule has 76 valence electrons. The van der Waals surface area contributed by atoms with Crippen molar-refractivity contribution in [1.29, 1.82) is 0 Å². The molecule has 0 amide bonds. The van der Waals surface area contributed by atoms with Gasteiger partial charge in [-0.15, -0.1) is 0 Å². The Morgan fingerprint density at radius 1 is 1.38 bits per heavy atom. The number of hydrogen-bond acceptors (Lipinski definition) is 2. The van der Waals surface area contributed by atoms with Gasteiger partial charge in [0.05, 0.1) is 0 Å². The molecule has 2 aliphatic rings. The molecule has 2 aliphatic heterocycles. The van der Waals surface area contributed by atoms with Crippen molar-refractivity contribution in [2.75, 3.05) is 26.7 Å². The van der Waals surface area contributed by atoms with Gasteiger partial charge in [-0.05, 0) is 37.8 Å². The summed E-state index contributed by atoms with van der Waals surface area (Å²) in [6.45, 7) is 8.54. The summed E-state index contributed by atoms with van der Waals surface area (Å²) in [4.78, 5) is 2.49. The topological polar surface area (TPSA) is 15.3 Å². The van der Waals surface area contributed by atoms with E-state index in [-0.39, 0.29) is 0 Å². The summed E-state index contributed by atoms with van der Waals surface area (Å²) in [7, 11) is 2.25. The van der Waals surface area contributed by atoms with Gasteiger partial charge in [0.1, 0.15) is 0 Å². The Balaban J connectivity index is 1.93. The van der Waals surface area contributed by atoms with Crippen LogP contribution in [0.4, 0.5) is 0 Å². The Bertz CT molecular complexity index is 179. The fourth-order valence-electron chi connectivity index (χ4n) is 3.01. The van der Waals surface area contributed by atoms with Gasteiger partial charge in [0, 0.05) is 19.1 Å². The number of nitrogens with one attached hydrogen (secondary N) is 1. The zero-order valence-corrected chi connectivity index (χ0v) is 9.09. The highest BCUT2D eigenvalue weighted by molar-refractivity contribution is 4.97. The molecule has 0 unspecified atom stereocenters. The third-order valence-corrected chi connectivity index (χ3v) is 3.56. The van der Waals surface area contributed by atoms with E-state index >= 15 is 0 Å². The first-order valence-electron chi connectivity index (χ1n) is 5.58. The first-order valence-corrected chi connectivity index (χ1v) is 5.58. The SMILES string of the molecule is CC(C)C[C@@H]1NC[C@H]2CN(C)C[C@@H]21. The van der Waals surface area contributed by atoms with Crippen molar-refractivity contribution in [2.24, 2.45) is 17.8 Å². The highest BCUT2D eigenvalue weighted by Crippen LogP contribution is 2.32. The molecule has 0 aromatic carbocycles. The predicted molar refractivity (Wildman–Crippen MR) is 55.7 cm³/mol. The van der Waals surface area contributed by atoms with Crippen LogP contribution < -0.4 is 5.32 Å². The second-order valence-electron chi connectivity index (χ2n) is 5.29. The van der Waals surface area contributed by atoms with Gasteiger partial charge in [0.2, 0.25) is 0 Å². The van der Waals surface area contributed by atoms with Crippen molar-refractivity contribution in [2.45, 2.75) is 26.3 Å². The van der Waals surface area contributed by atoms with Crippen LogP contribution in [0.1, 0.15) is 20.3 Å². The van der Waals surface area contributed by atoms with Crippen molar-refractivity contribution in [3.8, 4) is 0 Å². The van der Waals surface area contributed by atoms with E-state index in [1.54, 1.807) is 0 Å². The van der Waals surface area contributed by atoms with Gasteiger partial charge in [-0.25, -0.2) is 0 Å². The second-order valence-corrected chi connectivity index (χ2v) is 5.29. The molecule has 0 aromatic heterocycles. The average molecular weight is 182 g/mol. The Hall–Kier alpha value is -0.0800. The number of nitrogens with zero attached hydrogens (tertiary/aromatic N) is 1. The van der Waals surface area contributed by atoms with Crippen molar-refractivity contribution in [1.82, 2.24) is 10.2 Å². The maximum absolute atomic E-state index is 3.68. The van der Waals surface area contributed by atoms with Crippen LogP contribution in [-0.2, 0) is 0 Å². The molecule has 2 nitrogen and oxygen atoms in total. The summed E-state index contributed by atoms with van der Waals surface area (Å²) in [5.74, 6) is 2.71. The molecular formula is C11H22N2. The third-order valence-electron chi connectivity index (χ3n) is 3.56. The van der Waals surface area contributed by atoms with Gasteiger partial charge < -0.3 is 10.2 Å². The molecule has 2 heteroatoms. The van der Waals surface area contributed by atoms with Crippen LogP contribution in [0.2, 0.25) is 0 Å². The standard InChI is InChI=1S/C11H22N2/c1-8(2)4-11-10-7-13(3)6-9(10)5-12-11/h8-12H,4-7H2,1-3H3/t9-,10-,11-/m0/s1. The van der Waals surface area contributed by atoms with Crippen LogP contribution in [0.5, 0.6) is 0 Å². The van der Waals surface area contributed by atoms with Gasteiger partial charge in [-0.1, -0.05) is 13.8 Å². The molecule has 0 aliphatic carbocycles. The number of rotatable bonds is 2. The molecule has 0 radical (unpaired) electrons. The lowest BCUT2D eigenvalue weighted by molar-refractivity contribution is 0.331. The highest BCUT2D eigenvalue weighted by atomic mass is 15.2. The van der Waals surface area contributed by atoms with Crippen LogP contribution >= 0.6 is 0 Å². The van der Waals surface area contributed by atoms with Crippen molar-refractivity contribution in [3.63, 3.8) is 0 Å². The molecule has 0 bridgehead atoms. The second kappa shape index (κ2) is 3.58. The van der Waals surface area contributed by atoms with E-state index in [4.69, 9.17) is 0 Å². The smallest absolute Gasteiger partial charge is 0.0114 e. The third kappa shape index (κ3) is 1.89. The highest BCUT2D eigenvalue weighted by Gasteiger charge is 2.40. The zero-order valence-electron chi connectivity index (χ0n) is 9.09. The minimum absolute atomic E-state index is 0.801. The Labute approximate surface area is 81.7 Å². The van der Waals surface area contributed by atoms with Gasteiger partial charge in [-0.3, -0.25) is 0 Å². The molecule has 2 rings (SSSR count). The summed E-state index contributed by atoms with van der Waals surface area (Å²) in [5, 5.41) is 3.68. The summed E-state index contributed by atoms with van der Waals surface area (Å²) < 4.78 is 0. The first-order chi connectivity index (χ1) is 6.16. The van der Waals surface area contributed by atoms with Crippen LogP contribution in [0.15, 0.2) is 0 Å².